The molecule has 0 aliphatic rings. The van der Waals surface area contributed by atoms with Crippen LogP contribution >= 0.6 is 0 Å². The molecule has 0 saturated heterocycles. The second kappa shape index (κ2) is 10.5. The average molecular weight is 301 g/mol. The summed E-state index contributed by atoms with van der Waals surface area (Å²) < 4.78 is 0. The summed E-state index contributed by atoms with van der Waals surface area (Å²) in [7, 11) is 0. The van der Waals surface area contributed by atoms with Gasteiger partial charge in [-0.2, -0.15) is 0 Å². The second-order valence-corrected chi connectivity index (χ2v) is 5.87. The highest BCUT2D eigenvalue weighted by molar-refractivity contribution is 5.82. The first-order chi connectivity index (χ1) is 9.77. The van der Waals surface area contributed by atoms with Crippen LogP contribution in [0, 0.1) is 11.8 Å². The fourth-order valence-electron chi connectivity index (χ4n) is 1.51. The summed E-state index contributed by atoms with van der Waals surface area (Å²) in [5.41, 5.74) is 11.4. The maximum atomic E-state index is 11.6. The van der Waals surface area contributed by atoms with Gasteiger partial charge in [0.15, 0.2) is 0 Å². The van der Waals surface area contributed by atoms with Crippen molar-refractivity contribution in [3.05, 3.63) is 0 Å². The molecule has 0 aliphatic carbocycles. The minimum absolute atomic E-state index is 0.123. The molecule has 0 saturated carbocycles. The Balaban J connectivity index is 3.57. The molecule has 0 aromatic heterocycles. The van der Waals surface area contributed by atoms with E-state index in [1.54, 1.807) is 0 Å². The largest absolute Gasteiger partial charge is 0.353 e. The summed E-state index contributed by atoms with van der Waals surface area (Å²) in [6.07, 6.45) is 0. The summed E-state index contributed by atoms with van der Waals surface area (Å²) in [4.78, 5) is 23.1. The Kier molecular flexibility index (Phi) is 9.94. The highest BCUT2D eigenvalue weighted by Gasteiger charge is 2.17. The van der Waals surface area contributed by atoms with Gasteiger partial charge in [0.05, 0.1) is 12.1 Å². The van der Waals surface area contributed by atoms with E-state index in [2.05, 4.69) is 16.0 Å². The van der Waals surface area contributed by atoms with Gasteiger partial charge in [0, 0.05) is 26.2 Å². The van der Waals surface area contributed by atoms with Crippen LogP contribution in [0.25, 0.3) is 0 Å². The van der Waals surface area contributed by atoms with Crippen molar-refractivity contribution in [1.82, 2.24) is 16.0 Å². The normalized spacial score (nSPS) is 14.1. The minimum atomic E-state index is -0.471. The zero-order valence-electron chi connectivity index (χ0n) is 13.6. The lowest BCUT2D eigenvalue weighted by Crippen LogP contribution is -2.47. The molecule has 0 fully saturated rings. The molecule has 0 aromatic carbocycles. The molecular weight excluding hydrogens is 270 g/mol. The predicted octanol–water partition coefficient (Wildman–Crippen LogP) is -1.22. The maximum absolute atomic E-state index is 11.6. The Morgan fingerprint density at radius 1 is 0.762 bits per heavy atom. The van der Waals surface area contributed by atoms with E-state index in [0.717, 1.165) is 0 Å². The average Bonchev–Trinajstić information content (AvgIpc) is 2.43. The van der Waals surface area contributed by atoms with E-state index in [-0.39, 0.29) is 23.7 Å². The third kappa shape index (κ3) is 8.64. The van der Waals surface area contributed by atoms with Crippen molar-refractivity contribution >= 4 is 11.8 Å². The van der Waals surface area contributed by atoms with E-state index in [0.29, 0.717) is 26.2 Å². The highest BCUT2D eigenvalue weighted by Crippen LogP contribution is 1.97. The van der Waals surface area contributed by atoms with Crippen molar-refractivity contribution in [2.75, 3.05) is 26.2 Å². The van der Waals surface area contributed by atoms with Crippen LogP contribution in [0.2, 0.25) is 0 Å². The number of nitrogens with two attached hydrogens (primary N) is 2. The van der Waals surface area contributed by atoms with Gasteiger partial charge in [0.25, 0.3) is 0 Å². The number of carbonyl (C=O) groups excluding carboxylic acids is 2. The van der Waals surface area contributed by atoms with E-state index in [1.165, 1.54) is 0 Å². The molecule has 0 radical (unpaired) electrons. The van der Waals surface area contributed by atoms with Crippen LogP contribution in [0.15, 0.2) is 0 Å². The second-order valence-electron chi connectivity index (χ2n) is 5.87. The van der Waals surface area contributed by atoms with Gasteiger partial charge >= 0.3 is 0 Å². The molecule has 0 aromatic rings. The molecule has 0 heterocycles. The Morgan fingerprint density at radius 2 is 1.10 bits per heavy atom. The maximum Gasteiger partial charge on any atom is 0.237 e. The third-order valence-corrected chi connectivity index (χ3v) is 3.24. The van der Waals surface area contributed by atoms with Gasteiger partial charge in [0.2, 0.25) is 11.8 Å². The molecule has 7 N–H and O–H groups in total. The summed E-state index contributed by atoms with van der Waals surface area (Å²) in [5, 5.41) is 8.65. The van der Waals surface area contributed by atoms with Crippen molar-refractivity contribution < 1.29 is 9.59 Å². The van der Waals surface area contributed by atoms with Crippen molar-refractivity contribution in [1.29, 1.82) is 0 Å². The molecule has 0 rings (SSSR count). The molecule has 0 spiro atoms. The van der Waals surface area contributed by atoms with E-state index < -0.39 is 12.1 Å². The Morgan fingerprint density at radius 3 is 1.38 bits per heavy atom. The van der Waals surface area contributed by atoms with Gasteiger partial charge < -0.3 is 27.4 Å². The van der Waals surface area contributed by atoms with Crippen LogP contribution < -0.4 is 27.4 Å². The molecule has 0 aliphatic heterocycles. The van der Waals surface area contributed by atoms with Crippen LogP contribution in [0.1, 0.15) is 27.7 Å². The lowest BCUT2D eigenvalue weighted by molar-refractivity contribution is -0.123. The van der Waals surface area contributed by atoms with Crippen molar-refractivity contribution in [2.24, 2.45) is 23.3 Å². The number of hydrogen-bond donors (Lipinski definition) is 5. The van der Waals surface area contributed by atoms with E-state index in [9.17, 15) is 9.59 Å². The lowest BCUT2D eigenvalue weighted by Gasteiger charge is -2.16. The van der Waals surface area contributed by atoms with Gasteiger partial charge in [-0.25, -0.2) is 0 Å². The quantitative estimate of drug-likeness (QED) is 0.324. The lowest BCUT2D eigenvalue weighted by atomic mass is 10.1. The van der Waals surface area contributed by atoms with Gasteiger partial charge in [-0.05, 0) is 11.8 Å². The summed E-state index contributed by atoms with van der Waals surface area (Å²) in [5.74, 6) is -0.0253. The Labute approximate surface area is 127 Å². The highest BCUT2D eigenvalue weighted by atomic mass is 16.2. The van der Waals surface area contributed by atoms with E-state index in [4.69, 9.17) is 11.5 Å². The van der Waals surface area contributed by atoms with Crippen LogP contribution in [0.4, 0.5) is 0 Å². The first kappa shape index (κ1) is 19.8. The SMILES string of the molecule is CC(C)[C@H](N)C(=O)NCCNCCNC(=O)[C@@H](N)C(C)C. The van der Waals surface area contributed by atoms with Crippen molar-refractivity contribution in [3.63, 3.8) is 0 Å². The number of nitrogens with one attached hydrogen (secondary N) is 3. The number of rotatable bonds is 10. The molecule has 2 amide bonds. The number of carbonyl (C=O) groups is 2. The summed E-state index contributed by atoms with van der Waals surface area (Å²) in [6, 6.07) is -0.941. The minimum Gasteiger partial charge on any atom is -0.353 e. The molecule has 2 atom stereocenters. The van der Waals surface area contributed by atoms with Crippen LogP contribution in [-0.4, -0.2) is 50.1 Å². The first-order valence-corrected chi connectivity index (χ1v) is 7.54. The zero-order chi connectivity index (χ0) is 16.4. The fraction of sp³-hybridized carbons (Fsp3) is 0.857. The summed E-state index contributed by atoms with van der Waals surface area (Å²) >= 11 is 0. The molecule has 7 heteroatoms. The number of amides is 2. The van der Waals surface area contributed by atoms with Gasteiger partial charge in [0.1, 0.15) is 0 Å². The molecule has 124 valence electrons. The zero-order valence-corrected chi connectivity index (χ0v) is 13.6. The predicted molar refractivity (Wildman–Crippen MR) is 84.5 cm³/mol. The van der Waals surface area contributed by atoms with Gasteiger partial charge in [-0.1, -0.05) is 27.7 Å². The van der Waals surface area contributed by atoms with Gasteiger partial charge in [-0.3, -0.25) is 9.59 Å². The van der Waals surface area contributed by atoms with Crippen LogP contribution in [0.5, 0.6) is 0 Å². The van der Waals surface area contributed by atoms with Crippen molar-refractivity contribution in [2.45, 2.75) is 39.8 Å². The summed E-state index contributed by atoms with van der Waals surface area (Å²) in [6.45, 7) is 9.92. The molecule has 0 bridgehead atoms. The molecule has 7 nitrogen and oxygen atoms in total. The van der Waals surface area contributed by atoms with Crippen molar-refractivity contribution in [3.8, 4) is 0 Å². The van der Waals surface area contributed by atoms with Crippen LogP contribution in [-0.2, 0) is 9.59 Å². The van der Waals surface area contributed by atoms with E-state index >= 15 is 0 Å². The Bertz CT molecular complexity index is 290. The van der Waals surface area contributed by atoms with Gasteiger partial charge in [-0.15, -0.1) is 0 Å². The molecule has 21 heavy (non-hydrogen) atoms. The fourth-order valence-corrected chi connectivity index (χ4v) is 1.51. The Hall–Kier alpha value is -1.18. The standard InChI is InChI=1S/C14H31N5O2/c1-9(2)11(15)13(20)18-7-5-17-6-8-19-14(21)12(16)10(3)4/h9-12,17H,5-8,15-16H2,1-4H3,(H,18,20)(H,19,21)/t11-,12-/m0/s1. The molecular formula is C14H31N5O2. The topological polar surface area (TPSA) is 122 Å². The monoisotopic (exact) mass is 301 g/mol. The first-order valence-electron chi connectivity index (χ1n) is 7.54. The number of hydrogen-bond acceptors (Lipinski definition) is 5. The van der Waals surface area contributed by atoms with Crippen LogP contribution in [0.3, 0.4) is 0 Å². The van der Waals surface area contributed by atoms with E-state index in [1.807, 2.05) is 27.7 Å². The molecule has 0 unspecified atom stereocenters. The third-order valence-electron chi connectivity index (χ3n) is 3.24. The smallest absolute Gasteiger partial charge is 0.237 e.